The number of furan rings is 2. The maximum atomic E-state index is 6.81. The minimum Gasteiger partial charge on any atom is -0.452 e. The van der Waals surface area contributed by atoms with Crippen molar-refractivity contribution in [3.05, 3.63) is 190 Å². The molecule has 0 aliphatic carbocycles. The van der Waals surface area contributed by atoms with Crippen LogP contribution in [0.3, 0.4) is 0 Å². The Labute approximate surface area is 362 Å². The lowest BCUT2D eigenvalue weighted by molar-refractivity contribution is 0.634. The van der Waals surface area contributed by atoms with E-state index in [2.05, 4.69) is 211 Å². The van der Waals surface area contributed by atoms with Gasteiger partial charge in [-0.2, -0.15) is 0 Å². The quantitative estimate of drug-likeness (QED) is 0.168. The van der Waals surface area contributed by atoms with Crippen LogP contribution in [-0.2, 0) is 0 Å². The molecule has 0 spiro atoms. The standard InChI is InChI=1S/C58H48N2O2/c1-33-13-19-45(20-14-33)59(53-25-15-34(2)37(5)39(53)7)46-21-17-41-29-50-48-23-24-49-51-30-42-18-22-47(28-44(42)32-56(51)62-58(49)57(48)61-55(50)31-43(41)27-46)60(52-12-10-9-11-36(52)4)54-26-16-35(3)38(6)40(54)8/h9-32H,1-8H3. The van der Waals surface area contributed by atoms with Gasteiger partial charge < -0.3 is 18.6 Å². The van der Waals surface area contributed by atoms with E-state index in [9.17, 15) is 0 Å². The highest BCUT2D eigenvalue weighted by atomic mass is 16.4. The van der Waals surface area contributed by atoms with Crippen LogP contribution >= 0.6 is 0 Å². The maximum Gasteiger partial charge on any atom is 0.178 e. The molecular weight excluding hydrogens is 757 g/mol. The zero-order chi connectivity index (χ0) is 42.6. The molecule has 2 heterocycles. The average Bonchev–Trinajstić information content (AvgIpc) is 3.83. The van der Waals surface area contributed by atoms with Gasteiger partial charge in [0.25, 0.3) is 0 Å². The van der Waals surface area contributed by atoms with E-state index in [0.717, 1.165) is 82.5 Å². The third-order valence-electron chi connectivity index (χ3n) is 13.7. The first kappa shape index (κ1) is 37.7. The number of hydrogen-bond donors (Lipinski definition) is 0. The van der Waals surface area contributed by atoms with Crippen LogP contribution in [0, 0.1) is 55.4 Å². The highest BCUT2D eigenvalue weighted by Crippen LogP contribution is 2.45. The topological polar surface area (TPSA) is 32.8 Å². The summed E-state index contributed by atoms with van der Waals surface area (Å²) in [5, 5.41) is 8.81. The van der Waals surface area contributed by atoms with Gasteiger partial charge in [-0.05, 0) is 207 Å². The van der Waals surface area contributed by atoms with E-state index in [1.54, 1.807) is 0 Å². The third-order valence-corrected chi connectivity index (χ3v) is 13.7. The predicted octanol–water partition coefficient (Wildman–Crippen LogP) is 17.2. The van der Waals surface area contributed by atoms with Crippen LogP contribution in [0.5, 0.6) is 0 Å². The van der Waals surface area contributed by atoms with Gasteiger partial charge in [0.05, 0.1) is 0 Å². The molecule has 0 unspecified atom stereocenters. The van der Waals surface area contributed by atoms with Crippen molar-refractivity contribution in [1.82, 2.24) is 0 Å². The first-order chi connectivity index (χ1) is 30.0. The van der Waals surface area contributed by atoms with Gasteiger partial charge in [0.15, 0.2) is 11.2 Å². The Morgan fingerprint density at radius 1 is 0.323 bits per heavy atom. The van der Waals surface area contributed by atoms with Gasteiger partial charge >= 0.3 is 0 Å². The van der Waals surface area contributed by atoms with E-state index in [0.29, 0.717) is 0 Å². The fraction of sp³-hybridized carbons (Fsp3) is 0.138. The fourth-order valence-corrected chi connectivity index (χ4v) is 9.52. The molecule has 0 N–H and O–H groups in total. The summed E-state index contributed by atoms with van der Waals surface area (Å²) in [6, 6.07) is 53.2. The van der Waals surface area contributed by atoms with E-state index in [-0.39, 0.29) is 0 Å². The van der Waals surface area contributed by atoms with Gasteiger partial charge in [0, 0.05) is 55.7 Å². The van der Waals surface area contributed by atoms with E-state index in [1.165, 1.54) is 61.6 Å². The molecule has 4 heteroatoms. The van der Waals surface area contributed by atoms with Crippen LogP contribution in [0.1, 0.15) is 44.5 Å². The Morgan fingerprint density at radius 3 is 1.34 bits per heavy atom. The maximum absolute atomic E-state index is 6.81. The highest BCUT2D eigenvalue weighted by Gasteiger charge is 2.22. The third kappa shape index (κ3) is 5.89. The minimum absolute atomic E-state index is 0.775. The molecule has 9 aromatic carbocycles. The highest BCUT2D eigenvalue weighted by molar-refractivity contribution is 6.21. The van der Waals surface area contributed by atoms with Crippen molar-refractivity contribution in [2.45, 2.75) is 55.4 Å². The number of fused-ring (bicyclic) bond motifs is 9. The summed E-state index contributed by atoms with van der Waals surface area (Å²) in [6.45, 7) is 17.6. The van der Waals surface area contributed by atoms with Gasteiger partial charge in [0.2, 0.25) is 0 Å². The minimum atomic E-state index is 0.775. The van der Waals surface area contributed by atoms with Gasteiger partial charge in [-0.15, -0.1) is 0 Å². The number of anilines is 6. The van der Waals surface area contributed by atoms with Gasteiger partial charge in [-0.3, -0.25) is 0 Å². The Kier molecular flexibility index (Phi) is 8.59. The summed E-state index contributed by atoms with van der Waals surface area (Å²) in [4.78, 5) is 4.77. The molecule has 0 fully saturated rings. The summed E-state index contributed by atoms with van der Waals surface area (Å²) in [5.74, 6) is 0. The Hall–Kier alpha value is -7.30. The SMILES string of the molecule is Cc1ccc(N(c2ccc3cc4c(cc3c2)oc2c4ccc3c4cc5ccc(N(c6ccccc6C)c6ccc(C)c(C)c6C)cc5cc4oc32)c2ccc(C)c(C)c2C)cc1. The van der Waals surface area contributed by atoms with Crippen LogP contribution in [0.15, 0.2) is 154 Å². The molecule has 4 nitrogen and oxygen atoms in total. The monoisotopic (exact) mass is 804 g/mol. The molecule has 0 saturated heterocycles. The molecule has 0 radical (unpaired) electrons. The van der Waals surface area contributed by atoms with Crippen molar-refractivity contribution >= 4 is 99.5 Å². The molecule has 0 amide bonds. The van der Waals surface area contributed by atoms with Crippen molar-refractivity contribution in [3.63, 3.8) is 0 Å². The number of benzene rings is 9. The number of rotatable bonds is 6. The van der Waals surface area contributed by atoms with Crippen LogP contribution in [0.4, 0.5) is 34.1 Å². The predicted molar refractivity (Wildman–Crippen MR) is 263 cm³/mol. The van der Waals surface area contributed by atoms with Crippen LogP contribution < -0.4 is 9.80 Å². The van der Waals surface area contributed by atoms with Crippen molar-refractivity contribution in [2.24, 2.45) is 0 Å². The largest absolute Gasteiger partial charge is 0.452 e. The molecule has 0 bridgehead atoms. The second kappa shape index (κ2) is 14.1. The van der Waals surface area contributed by atoms with Crippen LogP contribution in [0.2, 0.25) is 0 Å². The van der Waals surface area contributed by atoms with Crippen molar-refractivity contribution < 1.29 is 8.83 Å². The van der Waals surface area contributed by atoms with Crippen LogP contribution in [-0.4, -0.2) is 0 Å². The molecule has 0 saturated carbocycles. The molecule has 0 aliphatic rings. The Balaban J connectivity index is 1.04. The first-order valence-electron chi connectivity index (χ1n) is 21.6. The lowest BCUT2D eigenvalue weighted by atomic mass is 9.99. The van der Waals surface area contributed by atoms with E-state index < -0.39 is 0 Å². The summed E-state index contributed by atoms with van der Waals surface area (Å²) in [7, 11) is 0. The average molecular weight is 805 g/mol. The lowest BCUT2D eigenvalue weighted by Crippen LogP contribution is -2.13. The molecule has 0 aliphatic heterocycles. The van der Waals surface area contributed by atoms with E-state index in [1.807, 2.05) is 0 Å². The zero-order valence-corrected chi connectivity index (χ0v) is 36.6. The molecular formula is C58H48N2O2. The number of hydrogen-bond acceptors (Lipinski definition) is 4. The van der Waals surface area contributed by atoms with Crippen molar-refractivity contribution in [3.8, 4) is 0 Å². The normalized spacial score (nSPS) is 11.9. The summed E-state index contributed by atoms with van der Waals surface area (Å²) >= 11 is 0. The summed E-state index contributed by atoms with van der Waals surface area (Å²) in [6.07, 6.45) is 0. The van der Waals surface area contributed by atoms with E-state index >= 15 is 0 Å². The number of nitrogens with zero attached hydrogens (tertiary/aromatic N) is 2. The smallest absolute Gasteiger partial charge is 0.178 e. The molecule has 0 atom stereocenters. The first-order valence-corrected chi connectivity index (χ1v) is 21.6. The second-order valence-corrected chi connectivity index (χ2v) is 17.4. The van der Waals surface area contributed by atoms with Gasteiger partial charge in [-0.1, -0.05) is 60.2 Å². The van der Waals surface area contributed by atoms with Gasteiger partial charge in [-0.25, -0.2) is 0 Å². The van der Waals surface area contributed by atoms with Crippen molar-refractivity contribution in [2.75, 3.05) is 9.80 Å². The van der Waals surface area contributed by atoms with Crippen molar-refractivity contribution in [1.29, 1.82) is 0 Å². The Morgan fingerprint density at radius 2 is 0.806 bits per heavy atom. The number of aryl methyl sites for hydroxylation is 4. The molecule has 2 aromatic heterocycles. The summed E-state index contributed by atoms with van der Waals surface area (Å²) < 4.78 is 13.6. The Bertz CT molecular complexity index is 3620. The molecule has 302 valence electrons. The van der Waals surface area contributed by atoms with Gasteiger partial charge in [0.1, 0.15) is 11.2 Å². The molecule has 11 aromatic rings. The fourth-order valence-electron chi connectivity index (χ4n) is 9.52. The summed E-state index contributed by atoms with van der Waals surface area (Å²) in [5.41, 5.74) is 20.3. The molecule has 62 heavy (non-hydrogen) atoms. The second-order valence-electron chi connectivity index (χ2n) is 17.4. The van der Waals surface area contributed by atoms with Crippen LogP contribution in [0.25, 0.3) is 65.4 Å². The number of para-hydroxylation sites is 1. The zero-order valence-electron chi connectivity index (χ0n) is 36.6. The lowest BCUT2D eigenvalue weighted by Gasteiger charge is -2.29. The van der Waals surface area contributed by atoms with E-state index in [4.69, 9.17) is 8.83 Å². The molecule has 11 rings (SSSR count).